The first-order chi connectivity index (χ1) is 19.2. The van der Waals surface area contributed by atoms with Crippen LogP contribution in [0.5, 0.6) is 23.0 Å². The molecule has 6 heteroatoms. The van der Waals surface area contributed by atoms with Crippen molar-refractivity contribution in [2.45, 2.75) is 0 Å². The number of hydrogen-bond donors (Lipinski definition) is 1. The molecule has 186 valence electrons. The Bertz CT molecular complexity index is 1870. The second kappa shape index (κ2) is 9.11. The lowest BCUT2D eigenvalue weighted by molar-refractivity contribution is 0.104. The molecule has 0 aliphatic heterocycles. The van der Waals surface area contributed by atoms with E-state index in [1.54, 1.807) is 6.07 Å². The molecule has 0 atom stereocenters. The third-order valence-corrected chi connectivity index (χ3v) is 6.71. The van der Waals surface area contributed by atoms with E-state index in [4.69, 9.17) is 25.2 Å². The van der Waals surface area contributed by atoms with Crippen molar-refractivity contribution < 1.29 is 14.3 Å². The summed E-state index contributed by atoms with van der Waals surface area (Å²) in [6.07, 6.45) is 0. The number of ketones is 1. The van der Waals surface area contributed by atoms with Crippen LogP contribution in [0.3, 0.4) is 0 Å². The van der Waals surface area contributed by atoms with E-state index in [9.17, 15) is 4.79 Å². The van der Waals surface area contributed by atoms with Gasteiger partial charge in [0, 0.05) is 22.1 Å². The Balaban J connectivity index is 1.61. The monoisotopic (exact) mass is 507 g/mol. The lowest BCUT2D eigenvalue weighted by atomic mass is 9.85. The van der Waals surface area contributed by atoms with Gasteiger partial charge in [0.15, 0.2) is 23.1 Å². The number of nitrogens with zero attached hydrogens (tertiary/aromatic N) is 2. The number of nitrogens with two attached hydrogens (primary N) is 1. The van der Waals surface area contributed by atoms with Crippen molar-refractivity contribution in [2.24, 2.45) is 0 Å². The van der Waals surface area contributed by atoms with E-state index >= 15 is 0 Å². The smallest absolute Gasteiger partial charge is 0.198 e. The van der Waals surface area contributed by atoms with Gasteiger partial charge in [-0.2, -0.15) is 0 Å². The van der Waals surface area contributed by atoms with Gasteiger partial charge in [-0.3, -0.25) is 4.79 Å². The van der Waals surface area contributed by atoms with Crippen LogP contribution in [-0.4, -0.2) is 15.8 Å². The van der Waals surface area contributed by atoms with E-state index in [-0.39, 0.29) is 17.2 Å². The number of nitrogen functional groups attached to an aromatic ring is 1. The number of benzene rings is 5. The molecule has 0 saturated heterocycles. The lowest BCUT2D eigenvalue weighted by Gasteiger charge is -2.24. The lowest BCUT2D eigenvalue weighted by Crippen LogP contribution is -2.16. The highest BCUT2D eigenvalue weighted by molar-refractivity contribution is 6.29. The molecule has 6 nitrogen and oxygen atoms in total. The minimum absolute atomic E-state index is 0.175. The van der Waals surface area contributed by atoms with Crippen LogP contribution < -0.4 is 15.2 Å². The van der Waals surface area contributed by atoms with Crippen molar-refractivity contribution in [2.75, 3.05) is 5.73 Å². The van der Waals surface area contributed by atoms with Gasteiger partial charge in [0.1, 0.15) is 17.0 Å². The van der Waals surface area contributed by atoms with Crippen molar-refractivity contribution in [1.82, 2.24) is 9.97 Å². The second-order valence-corrected chi connectivity index (χ2v) is 9.14. The maximum Gasteiger partial charge on any atom is 0.198 e. The second-order valence-electron chi connectivity index (χ2n) is 9.14. The fourth-order valence-electron chi connectivity index (χ4n) is 4.92. The Labute approximate surface area is 224 Å². The van der Waals surface area contributed by atoms with Gasteiger partial charge < -0.3 is 15.2 Å². The molecule has 0 amide bonds. The number of ether oxygens (including phenoxy) is 2. The summed E-state index contributed by atoms with van der Waals surface area (Å²) in [7, 11) is 0. The molecule has 1 heterocycles. The first kappa shape index (κ1) is 22.7. The van der Waals surface area contributed by atoms with E-state index in [1.165, 1.54) is 0 Å². The summed E-state index contributed by atoms with van der Waals surface area (Å²) in [5, 5.41) is 0.544. The van der Waals surface area contributed by atoms with Crippen molar-refractivity contribution in [3.05, 3.63) is 126 Å². The predicted molar refractivity (Wildman–Crippen MR) is 151 cm³/mol. The zero-order valence-electron chi connectivity index (χ0n) is 20.7. The molecular formula is C33H21N3O3. The number of fused-ring (bicyclic) bond motifs is 2. The number of para-hydroxylation sites is 2. The maximum absolute atomic E-state index is 13.9. The Morgan fingerprint density at radius 3 is 1.77 bits per heavy atom. The minimum atomic E-state index is -0.208. The zero-order chi connectivity index (χ0) is 26.3. The molecule has 0 spiro atoms. The largest absolute Gasteiger partial charge is 0.451 e. The standard InChI is InChI=1S/C33H21N3O3/c34-27-25-26-28(23-18-10-11-19-24(23)30(25)37)35-33(20-12-4-1-5-13-20)36-29(26)32(39-22-16-8-3-9-17-22)31(27)38-21-14-6-2-7-15-21/h1-19H,34H2. The number of anilines is 1. The van der Waals surface area contributed by atoms with Crippen molar-refractivity contribution in [3.8, 4) is 45.6 Å². The summed E-state index contributed by atoms with van der Waals surface area (Å²) in [5.41, 5.74) is 10.4. The van der Waals surface area contributed by atoms with Crippen LogP contribution in [0.4, 0.5) is 5.69 Å². The number of aromatic nitrogens is 2. The molecule has 39 heavy (non-hydrogen) atoms. The van der Waals surface area contributed by atoms with Gasteiger partial charge >= 0.3 is 0 Å². The van der Waals surface area contributed by atoms with E-state index < -0.39 is 0 Å². The van der Waals surface area contributed by atoms with Gasteiger partial charge in [-0.05, 0) is 24.3 Å². The van der Waals surface area contributed by atoms with Crippen LogP contribution in [0.1, 0.15) is 15.9 Å². The van der Waals surface area contributed by atoms with Gasteiger partial charge in [-0.1, -0.05) is 91.0 Å². The van der Waals surface area contributed by atoms with Crippen LogP contribution >= 0.6 is 0 Å². The molecule has 0 unspecified atom stereocenters. The molecule has 5 aromatic carbocycles. The summed E-state index contributed by atoms with van der Waals surface area (Å²) in [6.45, 7) is 0. The highest BCUT2D eigenvalue weighted by Gasteiger charge is 2.34. The van der Waals surface area contributed by atoms with Crippen molar-refractivity contribution in [3.63, 3.8) is 0 Å². The van der Waals surface area contributed by atoms with Crippen LogP contribution in [0, 0.1) is 0 Å². The normalized spacial score (nSPS) is 11.7. The Hall–Kier alpha value is -5.49. The third-order valence-electron chi connectivity index (χ3n) is 6.71. The average Bonchev–Trinajstić information content (AvgIpc) is 2.99. The fourth-order valence-corrected chi connectivity index (χ4v) is 4.92. The van der Waals surface area contributed by atoms with Crippen LogP contribution in [-0.2, 0) is 0 Å². The summed E-state index contributed by atoms with van der Waals surface area (Å²) in [4.78, 5) is 23.8. The SMILES string of the molecule is Nc1c(Oc2ccccc2)c(Oc2ccccc2)c2nc(-c3ccccc3)nc3c2c1C(=O)c1ccccc1-3. The first-order valence-electron chi connectivity index (χ1n) is 12.5. The molecule has 1 aliphatic carbocycles. The van der Waals surface area contributed by atoms with Crippen molar-refractivity contribution in [1.29, 1.82) is 0 Å². The number of hydrogen-bond acceptors (Lipinski definition) is 6. The summed E-state index contributed by atoms with van der Waals surface area (Å²) in [5.74, 6) is 1.96. The van der Waals surface area contributed by atoms with Crippen LogP contribution in [0.15, 0.2) is 115 Å². The molecule has 0 radical (unpaired) electrons. The van der Waals surface area contributed by atoms with E-state index in [1.807, 2.05) is 109 Å². The van der Waals surface area contributed by atoms with Crippen LogP contribution in [0.2, 0.25) is 0 Å². The molecule has 0 bridgehead atoms. The highest BCUT2D eigenvalue weighted by Crippen LogP contribution is 2.51. The van der Waals surface area contributed by atoms with Gasteiger partial charge in [0.05, 0.1) is 16.9 Å². The molecule has 1 aliphatic rings. The minimum Gasteiger partial charge on any atom is -0.451 e. The quantitative estimate of drug-likeness (QED) is 0.241. The number of rotatable bonds is 5. The van der Waals surface area contributed by atoms with Crippen molar-refractivity contribution >= 4 is 22.4 Å². The molecule has 2 N–H and O–H groups in total. The molecule has 0 fully saturated rings. The summed E-state index contributed by atoms with van der Waals surface area (Å²) in [6, 6.07) is 35.8. The molecule has 6 aromatic rings. The molecule has 0 saturated carbocycles. The Kier molecular flexibility index (Phi) is 5.30. The number of carbonyl (C=O) groups is 1. The van der Waals surface area contributed by atoms with Gasteiger partial charge in [-0.15, -0.1) is 0 Å². The zero-order valence-corrected chi connectivity index (χ0v) is 20.7. The molecule has 7 rings (SSSR count). The topological polar surface area (TPSA) is 87.3 Å². The molecule has 1 aromatic heterocycles. The highest BCUT2D eigenvalue weighted by atomic mass is 16.5. The van der Waals surface area contributed by atoms with E-state index in [0.29, 0.717) is 50.8 Å². The Morgan fingerprint density at radius 1 is 0.590 bits per heavy atom. The predicted octanol–water partition coefficient (Wildman–Crippen LogP) is 7.68. The summed E-state index contributed by atoms with van der Waals surface area (Å²) >= 11 is 0. The maximum atomic E-state index is 13.9. The molecular weight excluding hydrogens is 486 g/mol. The van der Waals surface area contributed by atoms with E-state index in [2.05, 4.69) is 0 Å². The van der Waals surface area contributed by atoms with Gasteiger partial charge in [0.2, 0.25) is 0 Å². The van der Waals surface area contributed by atoms with Crippen LogP contribution in [0.25, 0.3) is 33.5 Å². The summed E-state index contributed by atoms with van der Waals surface area (Å²) < 4.78 is 12.8. The Morgan fingerprint density at radius 2 is 1.13 bits per heavy atom. The average molecular weight is 508 g/mol. The third kappa shape index (κ3) is 3.78. The first-order valence-corrected chi connectivity index (χ1v) is 12.5. The van der Waals surface area contributed by atoms with E-state index in [0.717, 1.165) is 11.1 Å². The van der Waals surface area contributed by atoms with Gasteiger partial charge in [-0.25, -0.2) is 9.97 Å². The fraction of sp³-hybridized carbons (Fsp3) is 0. The number of carbonyl (C=O) groups excluding carboxylic acids is 1. The van der Waals surface area contributed by atoms with Gasteiger partial charge in [0.25, 0.3) is 0 Å².